The highest BCUT2D eigenvalue weighted by Gasteiger charge is 2.42. The van der Waals surface area contributed by atoms with Gasteiger partial charge in [-0.15, -0.1) is 0 Å². The number of ether oxygens (including phenoxy) is 1. The maximum absolute atomic E-state index is 12.5. The highest BCUT2D eigenvalue weighted by molar-refractivity contribution is 5.92. The predicted octanol–water partition coefficient (Wildman–Crippen LogP) is 1.75. The first-order valence-electron chi connectivity index (χ1n) is 9.24. The summed E-state index contributed by atoms with van der Waals surface area (Å²) in [7, 11) is 0. The SMILES string of the molecule is Cc1cc(C(=O)N[C@H]2C[C@H]3CO[C@H](C4CC4)CN3C2)nn1C(C)C. The number of fused-ring (bicyclic) bond motifs is 1. The number of hydrogen-bond acceptors (Lipinski definition) is 4. The molecule has 1 saturated carbocycles. The van der Waals surface area contributed by atoms with E-state index in [2.05, 4.69) is 29.2 Å². The molecule has 2 saturated heterocycles. The standard InChI is InChI=1S/C18H28N4O2/c1-11(2)22-12(3)6-16(20-22)18(23)19-14-7-15-10-24-17(13-4-5-13)9-21(15)8-14/h6,11,13-15,17H,4-5,7-10H2,1-3H3,(H,19,23)/t14-,15-,17-/m0/s1. The first-order chi connectivity index (χ1) is 11.5. The van der Waals surface area contributed by atoms with Gasteiger partial charge in [0.1, 0.15) is 5.69 Å². The molecule has 1 N–H and O–H groups in total. The Morgan fingerprint density at radius 1 is 1.38 bits per heavy atom. The minimum absolute atomic E-state index is 0.0537. The molecule has 4 rings (SSSR count). The molecule has 0 radical (unpaired) electrons. The van der Waals surface area contributed by atoms with Crippen molar-refractivity contribution in [3.63, 3.8) is 0 Å². The van der Waals surface area contributed by atoms with E-state index >= 15 is 0 Å². The lowest BCUT2D eigenvalue weighted by Gasteiger charge is -2.35. The molecule has 3 heterocycles. The Labute approximate surface area is 143 Å². The van der Waals surface area contributed by atoms with Crippen molar-refractivity contribution in [3.05, 3.63) is 17.5 Å². The van der Waals surface area contributed by atoms with E-state index in [0.717, 1.165) is 37.7 Å². The maximum Gasteiger partial charge on any atom is 0.272 e. The van der Waals surface area contributed by atoms with Gasteiger partial charge < -0.3 is 10.1 Å². The van der Waals surface area contributed by atoms with Gasteiger partial charge in [0.05, 0.1) is 12.7 Å². The van der Waals surface area contributed by atoms with Gasteiger partial charge in [-0.05, 0) is 52.0 Å². The molecule has 0 unspecified atom stereocenters. The highest BCUT2D eigenvalue weighted by Crippen LogP contribution is 2.37. The van der Waals surface area contributed by atoms with Gasteiger partial charge in [0.2, 0.25) is 0 Å². The molecule has 2 aliphatic heterocycles. The average Bonchev–Trinajstić information content (AvgIpc) is 3.19. The van der Waals surface area contributed by atoms with Crippen molar-refractivity contribution in [2.75, 3.05) is 19.7 Å². The Morgan fingerprint density at radius 3 is 2.83 bits per heavy atom. The Balaban J connectivity index is 1.36. The number of nitrogens with one attached hydrogen (secondary N) is 1. The van der Waals surface area contributed by atoms with Crippen LogP contribution in [0, 0.1) is 12.8 Å². The molecule has 3 atom stereocenters. The van der Waals surface area contributed by atoms with E-state index in [4.69, 9.17) is 4.74 Å². The van der Waals surface area contributed by atoms with Gasteiger partial charge in [0, 0.05) is 36.9 Å². The second kappa shape index (κ2) is 6.15. The summed E-state index contributed by atoms with van der Waals surface area (Å²) in [5.74, 6) is 0.726. The van der Waals surface area contributed by atoms with E-state index in [1.165, 1.54) is 12.8 Å². The van der Waals surface area contributed by atoms with Crippen LogP contribution in [0.15, 0.2) is 6.07 Å². The van der Waals surface area contributed by atoms with Crippen LogP contribution in [-0.2, 0) is 4.74 Å². The second-order valence-electron chi connectivity index (χ2n) is 7.93. The predicted molar refractivity (Wildman–Crippen MR) is 91.0 cm³/mol. The van der Waals surface area contributed by atoms with Gasteiger partial charge in [-0.1, -0.05) is 0 Å². The van der Waals surface area contributed by atoms with Crippen molar-refractivity contribution in [1.29, 1.82) is 0 Å². The lowest BCUT2D eigenvalue weighted by Crippen LogP contribution is -2.47. The summed E-state index contributed by atoms with van der Waals surface area (Å²) < 4.78 is 7.93. The molecule has 1 aliphatic carbocycles. The summed E-state index contributed by atoms with van der Waals surface area (Å²) in [6.45, 7) is 8.93. The van der Waals surface area contributed by atoms with E-state index < -0.39 is 0 Å². The number of carbonyl (C=O) groups is 1. The first kappa shape index (κ1) is 16.1. The van der Waals surface area contributed by atoms with Crippen LogP contribution in [0.4, 0.5) is 0 Å². The van der Waals surface area contributed by atoms with Crippen molar-refractivity contribution in [2.24, 2.45) is 5.92 Å². The third-order valence-electron chi connectivity index (χ3n) is 5.57. The zero-order valence-electron chi connectivity index (χ0n) is 14.9. The topological polar surface area (TPSA) is 59.4 Å². The summed E-state index contributed by atoms with van der Waals surface area (Å²) in [6.07, 6.45) is 4.04. The van der Waals surface area contributed by atoms with Gasteiger partial charge in [-0.25, -0.2) is 0 Å². The van der Waals surface area contributed by atoms with E-state index in [1.54, 1.807) is 0 Å². The molecule has 0 aromatic carbocycles. The summed E-state index contributed by atoms with van der Waals surface area (Å²) >= 11 is 0. The van der Waals surface area contributed by atoms with E-state index in [-0.39, 0.29) is 18.0 Å². The number of rotatable bonds is 4. The van der Waals surface area contributed by atoms with Gasteiger partial charge >= 0.3 is 0 Å². The Hall–Kier alpha value is -1.40. The largest absolute Gasteiger partial charge is 0.375 e. The van der Waals surface area contributed by atoms with Crippen LogP contribution in [0.1, 0.15) is 55.3 Å². The Kier molecular flexibility index (Phi) is 4.12. The fourth-order valence-electron chi connectivity index (χ4n) is 4.14. The molecule has 1 amide bonds. The van der Waals surface area contributed by atoms with E-state index in [9.17, 15) is 4.79 Å². The molecule has 1 aromatic rings. The normalized spacial score (nSPS) is 30.6. The van der Waals surface area contributed by atoms with Crippen LogP contribution in [-0.4, -0.2) is 58.5 Å². The smallest absolute Gasteiger partial charge is 0.272 e. The first-order valence-corrected chi connectivity index (χ1v) is 9.24. The van der Waals surface area contributed by atoms with Gasteiger partial charge in [-0.2, -0.15) is 5.10 Å². The van der Waals surface area contributed by atoms with Crippen molar-refractivity contribution >= 4 is 5.91 Å². The molecule has 132 valence electrons. The fourth-order valence-corrected chi connectivity index (χ4v) is 4.14. The average molecular weight is 332 g/mol. The molecule has 6 nitrogen and oxygen atoms in total. The molecule has 3 aliphatic rings. The zero-order valence-corrected chi connectivity index (χ0v) is 14.9. The minimum Gasteiger partial charge on any atom is -0.375 e. The number of hydrogen-bond donors (Lipinski definition) is 1. The van der Waals surface area contributed by atoms with Gasteiger partial charge in [-0.3, -0.25) is 14.4 Å². The quantitative estimate of drug-likeness (QED) is 0.913. The number of morpholine rings is 1. The molecule has 0 bridgehead atoms. The lowest BCUT2D eigenvalue weighted by atomic mass is 10.1. The number of carbonyl (C=O) groups excluding carboxylic acids is 1. The molecule has 3 fully saturated rings. The minimum atomic E-state index is -0.0537. The number of aromatic nitrogens is 2. The monoisotopic (exact) mass is 332 g/mol. The van der Waals surface area contributed by atoms with Crippen molar-refractivity contribution in [3.8, 4) is 0 Å². The van der Waals surface area contributed by atoms with Crippen LogP contribution < -0.4 is 5.32 Å². The molecular formula is C18H28N4O2. The summed E-state index contributed by atoms with van der Waals surface area (Å²) in [5, 5.41) is 7.63. The second-order valence-corrected chi connectivity index (χ2v) is 7.93. The summed E-state index contributed by atoms with van der Waals surface area (Å²) in [6, 6.07) is 2.81. The Morgan fingerprint density at radius 2 is 2.17 bits per heavy atom. The van der Waals surface area contributed by atoms with Crippen molar-refractivity contribution < 1.29 is 9.53 Å². The molecular weight excluding hydrogens is 304 g/mol. The van der Waals surface area contributed by atoms with Crippen LogP contribution in [0.25, 0.3) is 0 Å². The van der Waals surface area contributed by atoms with Crippen molar-refractivity contribution in [2.45, 2.75) is 64.3 Å². The number of aryl methyl sites for hydroxylation is 1. The molecule has 0 spiro atoms. The molecule has 24 heavy (non-hydrogen) atoms. The van der Waals surface area contributed by atoms with E-state index in [1.807, 2.05) is 17.7 Å². The van der Waals surface area contributed by atoms with Crippen LogP contribution >= 0.6 is 0 Å². The number of nitrogens with zero attached hydrogens (tertiary/aromatic N) is 3. The van der Waals surface area contributed by atoms with Crippen LogP contribution in [0.2, 0.25) is 0 Å². The lowest BCUT2D eigenvalue weighted by molar-refractivity contribution is -0.0581. The summed E-state index contributed by atoms with van der Waals surface area (Å²) in [4.78, 5) is 15.0. The van der Waals surface area contributed by atoms with Crippen LogP contribution in [0.3, 0.4) is 0 Å². The van der Waals surface area contributed by atoms with E-state index in [0.29, 0.717) is 17.8 Å². The molecule has 1 aromatic heterocycles. The highest BCUT2D eigenvalue weighted by atomic mass is 16.5. The summed E-state index contributed by atoms with van der Waals surface area (Å²) in [5.41, 5.74) is 1.55. The van der Waals surface area contributed by atoms with Gasteiger partial charge in [0.25, 0.3) is 5.91 Å². The third kappa shape index (κ3) is 3.09. The third-order valence-corrected chi connectivity index (χ3v) is 5.57. The van der Waals surface area contributed by atoms with Crippen LogP contribution in [0.5, 0.6) is 0 Å². The van der Waals surface area contributed by atoms with Crippen molar-refractivity contribution in [1.82, 2.24) is 20.0 Å². The Bertz CT molecular complexity index is 623. The molecule has 6 heteroatoms. The zero-order chi connectivity index (χ0) is 16.8. The fraction of sp³-hybridized carbons (Fsp3) is 0.778. The number of amides is 1. The van der Waals surface area contributed by atoms with Gasteiger partial charge in [0.15, 0.2) is 0 Å². The maximum atomic E-state index is 12.5.